The number of halogens is 4. The molecule has 2 rings (SSSR count). The largest absolute Gasteiger partial charge is 0.322 e. The molecular formula is C15H12Cl4N2O3S. The van der Waals surface area contributed by atoms with Crippen LogP contribution in [-0.4, -0.2) is 32.2 Å². The van der Waals surface area contributed by atoms with Crippen molar-refractivity contribution >= 4 is 68.0 Å². The highest BCUT2D eigenvalue weighted by Gasteiger charge is 2.26. The summed E-state index contributed by atoms with van der Waals surface area (Å²) in [5.74, 6) is -0.612. The first-order valence-corrected chi connectivity index (χ1v) is 9.73. The zero-order chi connectivity index (χ0) is 18.8. The Morgan fingerprint density at radius 1 is 1.04 bits per heavy atom. The molecule has 0 aliphatic rings. The molecule has 0 fully saturated rings. The number of para-hydroxylation sites is 1. The number of carbonyl (C=O) groups excluding carboxylic acids is 1. The Labute approximate surface area is 165 Å². The van der Waals surface area contributed by atoms with Crippen molar-refractivity contribution in [3.05, 3.63) is 56.5 Å². The highest BCUT2D eigenvalue weighted by molar-refractivity contribution is 7.89. The fraction of sp³-hybridized carbons (Fsp3) is 0.133. The lowest BCUT2D eigenvalue weighted by molar-refractivity contribution is -0.116. The maximum atomic E-state index is 12.6. The molecule has 0 aliphatic heterocycles. The zero-order valence-electron chi connectivity index (χ0n) is 12.8. The van der Waals surface area contributed by atoms with E-state index in [4.69, 9.17) is 46.4 Å². The lowest BCUT2D eigenvalue weighted by Gasteiger charge is -2.18. The van der Waals surface area contributed by atoms with Crippen molar-refractivity contribution in [2.24, 2.45) is 0 Å². The summed E-state index contributed by atoms with van der Waals surface area (Å²) in [5.41, 5.74) is 0.211. The number of hydrogen-bond donors (Lipinski definition) is 1. The summed E-state index contributed by atoms with van der Waals surface area (Å²) in [6.45, 7) is -0.466. The van der Waals surface area contributed by atoms with Crippen LogP contribution in [0.25, 0.3) is 0 Å². The average Bonchev–Trinajstić information content (AvgIpc) is 2.53. The quantitative estimate of drug-likeness (QED) is 0.739. The van der Waals surface area contributed by atoms with Crippen LogP contribution in [-0.2, 0) is 14.8 Å². The number of benzene rings is 2. The Morgan fingerprint density at radius 2 is 1.64 bits per heavy atom. The molecule has 1 amide bonds. The molecule has 0 radical (unpaired) electrons. The smallest absolute Gasteiger partial charge is 0.244 e. The van der Waals surface area contributed by atoms with E-state index in [1.807, 2.05) is 0 Å². The molecule has 0 unspecified atom stereocenters. The maximum absolute atomic E-state index is 12.6. The van der Waals surface area contributed by atoms with E-state index in [2.05, 4.69) is 5.32 Å². The Morgan fingerprint density at radius 3 is 2.24 bits per heavy atom. The van der Waals surface area contributed by atoms with Gasteiger partial charge in [0.05, 0.1) is 27.3 Å². The third-order valence-electron chi connectivity index (χ3n) is 3.17. The van der Waals surface area contributed by atoms with Gasteiger partial charge in [-0.25, -0.2) is 8.42 Å². The van der Waals surface area contributed by atoms with Gasteiger partial charge in [0.15, 0.2) is 0 Å². The van der Waals surface area contributed by atoms with Crippen molar-refractivity contribution in [2.75, 3.05) is 18.9 Å². The second-order valence-corrected chi connectivity index (χ2v) is 8.65. The molecule has 0 saturated heterocycles. The molecule has 0 heterocycles. The molecule has 0 aromatic heterocycles. The molecule has 10 heteroatoms. The summed E-state index contributed by atoms with van der Waals surface area (Å²) in [4.78, 5) is 12.0. The van der Waals surface area contributed by atoms with E-state index in [0.717, 1.165) is 4.31 Å². The fourth-order valence-corrected chi connectivity index (χ4v) is 4.28. The van der Waals surface area contributed by atoms with E-state index in [0.29, 0.717) is 0 Å². The fourth-order valence-electron chi connectivity index (χ4n) is 1.93. The molecule has 0 atom stereocenters. The second-order valence-electron chi connectivity index (χ2n) is 4.98. The van der Waals surface area contributed by atoms with Gasteiger partial charge < -0.3 is 5.32 Å². The van der Waals surface area contributed by atoms with Gasteiger partial charge in [-0.05, 0) is 30.3 Å². The Kier molecular flexibility index (Phi) is 6.59. The summed E-state index contributed by atoms with van der Waals surface area (Å²) in [6.07, 6.45) is 0. The van der Waals surface area contributed by atoms with Crippen LogP contribution < -0.4 is 5.32 Å². The van der Waals surface area contributed by atoms with Crippen molar-refractivity contribution in [2.45, 2.75) is 4.90 Å². The number of carbonyl (C=O) groups is 1. The summed E-state index contributed by atoms with van der Waals surface area (Å²) in [5, 5.41) is 3.19. The standard InChI is InChI=1S/C15H12Cl4N2O3S/c1-21(25(23,24)13-7-9(16)5-6-10(13)17)8-14(22)20-15-11(18)3-2-4-12(15)19/h2-7H,8H2,1H3,(H,20,22). The van der Waals surface area contributed by atoms with E-state index in [1.54, 1.807) is 18.2 Å². The van der Waals surface area contributed by atoms with Crippen LogP contribution in [0.15, 0.2) is 41.3 Å². The third-order valence-corrected chi connectivity index (χ3v) is 6.32. The van der Waals surface area contributed by atoms with E-state index in [1.165, 1.54) is 25.2 Å². The van der Waals surface area contributed by atoms with Gasteiger partial charge in [-0.2, -0.15) is 4.31 Å². The first kappa shape index (κ1) is 20.3. The number of nitrogens with one attached hydrogen (secondary N) is 1. The van der Waals surface area contributed by atoms with Crippen LogP contribution in [0, 0.1) is 0 Å². The Balaban J connectivity index is 2.19. The molecule has 0 bridgehead atoms. The van der Waals surface area contributed by atoms with Gasteiger partial charge >= 0.3 is 0 Å². The van der Waals surface area contributed by atoms with Gasteiger partial charge in [0.2, 0.25) is 15.9 Å². The predicted octanol–water partition coefficient (Wildman–Crippen LogP) is 4.56. The number of hydrogen-bond acceptors (Lipinski definition) is 3. The second kappa shape index (κ2) is 8.12. The van der Waals surface area contributed by atoms with E-state index in [-0.39, 0.29) is 30.7 Å². The first-order chi connectivity index (χ1) is 11.6. The molecule has 0 aliphatic carbocycles. The molecule has 134 valence electrons. The minimum absolute atomic E-state index is 0.00538. The van der Waals surface area contributed by atoms with E-state index in [9.17, 15) is 13.2 Å². The topological polar surface area (TPSA) is 66.5 Å². The third kappa shape index (κ3) is 4.78. The van der Waals surface area contributed by atoms with Crippen molar-refractivity contribution in [1.29, 1.82) is 0 Å². The Hall–Kier alpha value is -1.02. The Bertz CT molecular complexity index is 899. The van der Waals surface area contributed by atoms with E-state index < -0.39 is 22.5 Å². The molecular weight excluding hydrogens is 430 g/mol. The van der Waals surface area contributed by atoms with Crippen molar-refractivity contribution in [3.8, 4) is 0 Å². The predicted molar refractivity (Wildman–Crippen MR) is 101 cm³/mol. The number of nitrogens with zero attached hydrogens (tertiary/aromatic N) is 1. The summed E-state index contributed by atoms with van der Waals surface area (Å²) < 4.78 is 26.0. The lowest BCUT2D eigenvalue weighted by Crippen LogP contribution is -2.35. The number of sulfonamides is 1. The summed E-state index contributed by atoms with van der Waals surface area (Å²) >= 11 is 23.7. The first-order valence-electron chi connectivity index (χ1n) is 6.78. The molecule has 1 N–H and O–H groups in total. The molecule has 0 spiro atoms. The highest BCUT2D eigenvalue weighted by Crippen LogP contribution is 2.30. The number of likely N-dealkylation sites (N-methyl/N-ethyl adjacent to an activating group) is 1. The minimum Gasteiger partial charge on any atom is -0.322 e. The van der Waals surface area contributed by atoms with Crippen LogP contribution in [0.1, 0.15) is 0 Å². The van der Waals surface area contributed by atoms with Crippen LogP contribution in [0.2, 0.25) is 20.1 Å². The summed E-state index contributed by atoms with van der Waals surface area (Å²) in [7, 11) is -2.76. The van der Waals surface area contributed by atoms with E-state index >= 15 is 0 Å². The van der Waals surface area contributed by atoms with Crippen LogP contribution in [0.5, 0.6) is 0 Å². The molecule has 2 aromatic rings. The van der Waals surface area contributed by atoms with Crippen molar-refractivity contribution < 1.29 is 13.2 Å². The molecule has 0 saturated carbocycles. The monoisotopic (exact) mass is 440 g/mol. The molecule has 5 nitrogen and oxygen atoms in total. The zero-order valence-corrected chi connectivity index (χ0v) is 16.6. The van der Waals surface area contributed by atoms with Gasteiger partial charge in [0.25, 0.3) is 0 Å². The van der Waals surface area contributed by atoms with Gasteiger partial charge in [-0.3, -0.25) is 4.79 Å². The van der Waals surface area contributed by atoms with Crippen LogP contribution in [0.4, 0.5) is 5.69 Å². The summed E-state index contributed by atoms with van der Waals surface area (Å²) in [6, 6.07) is 8.78. The number of rotatable bonds is 5. The van der Waals surface area contributed by atoms with Gasteiger partial charge in [-0.1, -0.05) is 52.5 Å². The normalized spacial score (nSPS) is 11.6. The highest BCUT2D eigenvalue weighted by atomic mass is 35.5. The van der Waals surface area contributed by atoms with Crippen LogP contribution in [0.3, 0.4) is 0 Å². The van der Waals surface area contributed by atoms with Crippen LogP contribution >= 0.6 is 46.4 Å². The SMILES string of the molecule is CN(CC(=O)Nc1c(Cl)cccc1Cl)S(=O)(=O)c1cc(Cl)ccc1Cl. The average molecular weight is 442 g/mol. The lowest BCUT2D eigenvalue weighted by atomic mass is 10.3. The minimum atomic E-state index is -4.01. The van der Waals surface area contributed by atoms with Crippen molar-refractivity contribution in [3.63, 3.8) is 0 Å². The van der Waals surface area contributed by atoms with Gasteiger partial charge in [-0.15, -0.1) is 0 Å². The molecule has 2 aromatic carbocycles. The van der Waals surface area contributed by atoms with Crippen molar-refractivity contribution in [1.82, 2.24) is 4.31 Å². The van der Waals surface area contributed by atoms with Gasteiger partial charge in [0, 0.05) is 12.1 Å². The molecule has 25 heavy (non-hydrogen) atoms. The number of amides is 1. The van der Waals surface area contributed by atoms with Gasteiger partial charge in [0.1, 0.15) is 4.90 Å². The number of anilines is 1. The maximum Gasteiger partial charge on any atom is 0.244 e.